The van der Waals surface area contributed by atoms with Gasteiger partial charge in [0.25, 0.3) is 5.91 Å². The molecule has 4 amide bonds. The number of nitrogens with zero attached hydrogens (tertiary/aromatic N) is 3. The Morgan fingerprint density at radius 1 is 1.27 bits per heavy atom. The van der Waals surface area contributed by atoms with Gasteiger partial charge in [-0.2, -0.15) is 0 Å². The van der Waals surface area contributed by atoms with Crippen LogP contribution in [0.5, 0.6) is 0 Å². The molecule has 1 aromatic rings. The van der Waals surface area contributed by atoms with Crippen molar-refractivity contribution in [2.45, 2.75) is 45.3 Å². The van der Waals surface area contributed by atoms with E-state index < -0.39 is 5.60 Å². The fourth-order valence-corrected chi connectivity index (χ4v) is 3.25. The van der Waals surface area contributed by atoms with Crippen molar-refractivity contribution in [3.05, 3.63) is 23.9 Å². The molecule has 2 fully saturated rings. The van der Waals surface area contributed by atoms with Gasteiger partial charge < -0.3 is 19.9 Å². The van der Waals surface area contributed by atoms with E-state index in [1.165, 1.54) is 6.20 Å². The Kier molecular flexibility index (Phi) is 6.23. The molecule has 2 aliphatic heterocycles. The minimum absolute atomic E-state index is 0.0377. The molecule has 0 unspecified atom stereocenters. The van der Waals surface area contributed by atoms with Gasteiger partial charge in [-0.3, -0.25) is 19.7 Å². The van der Waals surface area contributed by atoms with E-state index in [-0.39, 0.29) is 42.8 Å². The van der Waals surface area contributed by atoms with Crippen molar-refractivity contribution < 1.29 is 23.9 Å². The lowest BCUT2D eigenvalue weighted by molar-refractivity contribution is -0.154. The maximum Gasteiger partial charge on any atom is 0.324 e. The third-order valence-corrected chi connectivity index (χ3v) is 4.76. The molecule has 2 aliphatic rings. The number of nitrogens with one attached hydrogen (secondary N) is 2. The van der Waals surface area contributed by atoms with Crippen molar-refractivity contribution in [1.29, 1.82) is 0 Å². The van der Waals surface area contributed by atoms with Gasteiger partial charge in [0.05, 0.1) is 18.0 Å². The molecule has 0 bridgehead atoms. The summed E-state index contributed by atoms with van der Waals surface area (Å²) in [7, 11) is 0. The van der Waals surface area contributed by atoms with Crippen molar-refractivity contribution in [3.63, 3.8) is 0 Å². The molecule has 0 spiro atoms. The normalized spacial score (nSPS) is 17.3. The minimum Gasteiger partial charge on any atom is -0.460 e. The predicted octanol–water partition coefficient (Wildman–Crippen LogP) is 0.674. The van der Waals surface area contributed by atoms with E-state index in [4.69, 9.17) is 4.74 Å². The van der Waals surface area contributed by atoms with Crippen LogP contribution in [-0.2, 0) is 14.3 Å². The van der Waals surface area contributed by atoms with Crippen molar-refractivity contribution in [1.82, 2.24) is 20.5 Å². The SMILES string of the molecule is CC(C)(C)OC(=O)CCNC(=O)c1ccc(N2CC(N3CCC(=O)NC3=O)C2)nc1. The Balaban J connectivity index is 1.43. The number of amides is 4. The number of pyridine rings is 1. The van der Waals surface area contributed by atoms with Crippen molar-refractivity contribution in [2.75, 3.05) is 31.1 Å². The number of aromatic nitrogens is 1. The molecule has 10 nitrogen and oxygen atoms in total. The van der Waals surface area contributed by atoms with Crippen LogP contribution in [0.25, 0.3) is 0 Å². The number of hydrogen-bond acceptors (Lipinski definition) is 7. The molecule has 1 aromatic heterocycles. The molecule has 0 radical (unpaired) electrons. The second-order valence-corrected chi connectivity index (χ2v) is 8.35. The minimum atomic E-state index is -0.550. The number of anilines is 1. The van der Waals surface area contributed by atoms with Gasteiger partial charge in [-0.1, -0.05) is 0 Å². The van der Waals surface area contributed by atoms with Gasteiger partial charge in [0.2, 0.25) is 5.91 Å². The summed E-state index contributed by atoms with van der Waals surface area (Å²) in [4.78, 5) is 55.0. The van der Waals surface area contributed by atoms with E-state index in [9.17, 15) is 19.2 Å². The summed E-state index contributed by atoms with van der Waals surface area (Å²) in [5.74, 6) is -0.205. The highest BCUT2D eigenvalue weighted by molar-refractivity contribution is 5.97. The van der Waals surface area contributed by atoms with Gasteiger partial charge in [0.15, 0.2) is 0 Å². The molecule has 0 aliphatic carbocycles. The highest BCUT2D eigenvalue weighted by Gasteiger charge is 2.37. The first-order valence-corrected chi connectivity index (χ1v) is 9.94. The second kappa shape index (κ2) is 8.68. The smallest absolute Gasteiger partial charge is 0.324 e. The highest BCUT2D eigenvalue weighted by Crippen LogP contribution is 2.23. The molecule has 2 saturated heterocycles. The quantitative estimate of drug-likeness (QED) is 0.653. The van der Waals surface area contributed by atoms with Crippen LogP contribution >= 0.6 is 0 Å². The van der Waals surface area contributed by atoms with Gasteiger partial charge >= 0.3 is 12.0 Å². The standard InChI is InChI=1S/C20H27N5O5/c1-20(2,3)30-17(27)6-8-21-18(28)13-4-5-15(22-10-13)24-11-14(12-24)25-9-7-16(26)23-19(25)29/h4-5,10,14H,6-9,11-12H2,1-3H3,(H,21,28)(H,23,26,29). The molecule has 10 heteroatoms. The second-order valence-electron chi connectivity index (χ2n) is 8.35. The lowest BCUT2D eigenvalue weighted by atomic mass is 10.1. The zero-order valence-corrected chi connectivity index (χ0v) is 17.4. The molecule has 162 valence electrons. The van der Waals surface area contributed by atoms with E-state index >= 15 is 0 Å². The molecule has 30 heavy (non-hydrogen) atoms. The maximum absolute atomic E-state index is 12.2. The van der Waals surface area contributed by atoms with E-state index in [1.54, 1.807) is 37.8 Å². The van der Waals surface area contributed by atoms with E-state index in [2.05, 4.69) is 15.6 Å². The van der Waals surface area contributed by atoms with Gasteiger partial charge in [0.1, 0.15) is 11.4 Å². The number of imide groups is 1. The summed E-state index contributed by atoms with van der Waals surface area (Å²) >= 11 is 0. The molecule has 2 N–H and O–H groups in total. The molecule has 0 atom stereocenters. The van der Waals surface area contributed by atoms with E-state index in [0.29, 0.717) is 37.4 Å². The van der Waals surface area contributed by atoms with Crippen LogP contribution in [0.2, 0.25) is 0 Å². The first-order valence-electron chi connectivity index (χ1n) is 9.94. The van der Waals surface area contributed by atoms with Crippen molar-refractivity contribution in [2.24, 2.45) is 0 Å². The summed E-state index contributed by atoms with van der Waals surface area (Å²) in [5.41, 5.74) is -0.153. The van der Waals surface area contributed by atoms with Gasteiger partial charge in [-0.15, -0.1) is 0 Å². The van der Waals surface area contributed by atoms with E-state index in [1.807, 2.05) is 4.90 Å². The number of carbonyl (C=O) groups is 4. The van der Waals surface area contributed by atoms with Crippen LogP contribution in [0.15, 0.2) is 18.3 Å². The maximum atomic E-state index is 12.2. The summed E-state index contributed by atoms with van der Waals surface area (Å²) in [6.45, 7) is 7.23. The molecular weight excluding hydrogens is 390 g/mol. The molecule has 0 saturated carbocycles. The Labute approximate surface area is 174 Å². The molecular formula is C20H27N5O5. The monoisotopic (exact) mass is 417 g/mol. The van der Waals surface area contributed by atoms with Crippen molar-refractivity contribution >= 4 is 29.6 Å². The summed E-state index contributed by atoms with van der Waals surface area (Å²) in [5, 5.41) is 5.01. The predicted molar refractivity (Wildman–Crippen MR) is 108 cm³/mol. The average molecular weight is 417 g/mol. The Morgan fingerprint density at radius 2 is 2.00 bits per heavy atom. The fraction of sp³-hybridized carbons (Fsp3) is 0.550. The van der Waals surface area contributed by atoms with Crippen molar-refractivity contribution in [3.8, 4) is 0 Å². The average Bonchev–Trinajstić information content (AvgIpc) is 2.61. The first-order chi connectivity index (χ1) is 14.1. The lowest BCUT2D eigenvalue weighted by Crippen LogP contribution is -2.65. The molecule has 3 heterocycles. The summed E-state index contributed by atoms with van der Waals surface area (Å²) in [6, 6.07) is 3.11. The van der Waals surface area contributed by atoms with Gasteiger partial charge in [0, 0.05) is 38.8 Å². The Bertz CT molecular complexity index is 827. The lowest BCUT2D eigenvalue weighted by Gasteiger charge is -2.46. The van der Waals surface area contributed by atoms with Gasteiger partial charge in [-0.25, -0.2) is 9.78 Å². The number of ether oxygens (including phenoxy) is 1. The zero-order valence-electron chi connectivity index (χ0n) is 17.4. The first kappa shape index (κ1) is 21.5. The summed E-state index contributed by atoms with van der Waals surface area (Å²) < 4.78 is 5.20. The fourth-order valence-electron chi connectivity index (χ4n) is 3.25. The number of esters is 1. The zero-order chi connectivity index (χ0) is 21.9. The van der Waals surface area contributed by atoms with Crippen LogP contribution in [0, 0.1) is 0 Å². The van der Waals surface area contributed by atoms with Crippen LogP contribution in [-0.4, -0.2) is 71.5 Å². The van der Waals surface area contributed by atoms with Crippen LogP contribution < -0.4 is 15.5 Å². The Hall–Kier alpha value is -3.17. The van der Waals surface area contributed by atoms with Crippen LogP contribution in [0.4, 0.5) is 10.6 Å². The highest BCUT2D eigenvalue weighted by atomic mass is 16.6. The molecule has 3 rings (SSSR count). The Morgan fingerprint density at radius 3 is 2.60 bits per heavy atom. The van der Waals surface area contributed by atoms with Gasteiger partial charge in [-0.05, 0) is 32.9 Å². The number of rotatable bonds is 6. The number of carbonyl (C=O) groups excluding carboxylic acids is 4. The van der Waals surface area contributed by atoms with E-state index in [0.717, 1.165) is 0 Å². The topological polar surface area (TPSA) is 121 Å². The third kappa shape index (κ3) is 5.46. The summed E-state index contributed by atoms with van der Waals surface area (Å²) in [6.07, 6.45) is 1.90. The number of urea groups is 1. The third-order valence-electron chi connectivity index (χ3n) is 4.76. The van der Waals surface area contributed by atoms with Crippen LogP contribution in [0.1, 0.15) is 44.0 Å². The van der Waals surface area contributed by atoms with Crippen LogP contribution in [0.3, 0.4) is 0 Å². The largest absolute Gasteiger partial charge is 0.460 e. The number of hydrogen-bond donors (Lipinski definition) is 2. The molecule has 0 aromatic carbocycles.